The Morgan fingerprint density at radius 2 is 2.15 bits per heavy atom. The van der Waals surface area contributed by atoms with E-state index in [2.05, 4.69) is 5.32 Å². The maximum atomic E-state index is 11.5. The molecule has 2 N–H and O–H groups in total. The molecule has 1 saturated heterocycles. The molecule has 0 aromatic heterocycles. The predicted octanol–water partition coefficient (Wildman–Crippen LogP) is 2.81. The summed E-state index contributed by atoms with van der Waals surface area (Å²) in [6.07, 6.45) is -1.37. The number of hydrogen-bond donors (Lipinski definition) is 2. The zero-order valence-electron chi connectivity index (χ0n) is 14.4. The van der Waals surface area contributed by atoms with E-state index >= 15 is 0 Å². The molecule has 26 heavy (non-hydrogen) atoms. The average Bonchev–Trinajstić information content (AvgIpc) is 2.80. The van der Waals surface area contributed by atoms with Gasteiger partial charge in [0.15, 0.2) is 0 Å². The van der Waals surface area contributed by atoms with Gasteiger partial charge in [0.25, 0.3) is 0 Å². The third-order valence-corrected chi connectivity index (χ3v) is 4.80. The van der Waals surface area contributed by atoms with E-state index in [0.717, 1.165) is 5.56 Å². The lowest BCUT2D eigenvalue weighted by atomic mass is 9.95. The topological polar surface area (TPSA) is 88.1 Å². The Hall–Kier alpha value is -1.54. The number of nitrogens with one attached hydrogen (secondary N) is 1. The smallest absolute Gasteiger partial charge is 0.407 e. The van der Waals surface area contributed by atoms with Gasteiger partial charge in [-0.1, -0.05) is 29.3 Å². The summed E-state index contributed by atoms with van der Waals surface area (Å²) >= 11 is 12.1. The molecule has 7 nitrogen and oxygen atoms in total. The van der Waals surface area contributed by atoms with Crippen LogP contribution in [0.15, 0.2) is 18.2 Å². The highest BCUT2D eigenvalue weighted by Gasteiger charge is 2.31. The Morgan fingerprint density at radius 1 is 1.38 bits per heavy atom. The SMILES string of the molecule is CCOC(=O)CNC[C@@H]1CN(C(=O)O)CCO[C@H]1c1ccc(Cl)c(Cl)c1. The normalized spacial score (nSPS) is 20.5. The van der Waals surface area contributed by atoms with Gasteiger partial charge in [0.2, 0.25) is 0 Å². The molecule has 2 rings (SSSR count). The average molecular weight is 405 g/mol. The molecule has 144 valence electrons. The maximum absolute atomic E-state index is 11.5. The minimum absolute atomic E-state index is 0.0471. The number of carboxylic acid groups (broad SMARTS) is 1. The van der Waals surface area contributed by atoms with Crippen LogP contribution < -0.4 is 5.32 Å². The van der Waals surface area contributed by atoms with Crippen molar-refractivity contribution in [1.29, 1.82) is 0 Å². The molecule has 0 spiro atoms. The Bertz CT molecular complexity index is 644. The Morgan fingerprint density at radius 3 is 2.81 bits per heavy atom. The van der Waals surface area contributed by atoms with Gasteiger partial charge in [-0.15, -0.1) is 0 Å². The van der Waals surface area contributed by atoms with Gasteiger partial charge in [-0.3, -0.25) is 4.79 Å². The molecule has 1 heterocycles. The summed E-state index contributed by atoms with van der Waals surface area (Å²) in [4.78, 5) is 24.2. The third-order valence-electron chi connectivity index (χ3n) is 4.07. The van der Waals surface area contributed by atoms with Gasteiger partial charge in [0.05, 0.1) is 35.9 Å². The molecular formula is C17H22Cl2N2O5. The fourth-order valence-corrected chi connectivity index (χ4v) is 3.18. The largest absolute Gasteiger partial charge is 0.465 e. The summed E-state index contributed by atoms with van der Waals surface area (Å²) in [6.45, 7) is 3.30. The molecule has 1 amide bonds. The van der Waals surface area contributed by atoms with Crippen molar-refractivity contribution in [3.05, 3.63) is 33.8 Å². The van der Waals surface area contributed by atoms with Gasteiger partial charge >= 0.3 is 12.1 Å². The lowest BCUT2D eigenvalue weighted by Crippen LogP contribution is -2.40. The summed E-state index contributed by atoms with van der Waals surface area (Å²) in [7, 11) is 0. The van der Waals surface area contributed by atoms with Crippen LogP contribution in [0.2, 0.25) is 10.0 Å². The van der Waals surface area contributed by atoms with E-state index in [1.54, 1.807) is 19.1 Å². The van der Waals surface area contributed by atoms with Crippen molar-refractivity contribution in [2.24, 2.45) is 5.92 Å². The van der Waals surface area contributed by atoms with Gasteiger partial charge in [0, 0.05) is 25.6 Å². The first kappa shape index (κ1) is 20.8. The van der Waals surface area contributed by atoms with Crippen LogP contribution in [0.25, 0.3) is 0 Å². The van der Waals surface area contributed by atoms with E-state index in [1.807, 2.05) is 6.07 Å². The van der Waals surface area contributed by atoms with Crippen LogP contribution >= 0.6 is 23.2 Å². The number of rotatable bonds is 6. The highest BCUT2D eigenvalue weighted by atomic mass is 35.5. The van der Waals surface area contributed by atoms with Gasteiger partial charge in [-0.25, -0.2) is 4.79 Å². The van der Waals surface area contributed by atoms with Crippen molar-refractivity contribution in [3.8, 4) is 0 Å². The van der Waals surface area contributed by atoms with Crippen LogP contribution in [0.5, 0.6) is 0 Å². The summed E-state index contributed by atoms with van der Waals surface area (Å²) in [5.74, 6) is -0.566. The highest BCUT2D eigenvalue weighted by molar-refractivity contribution is 6.42. The summed E-state index contributed by atoms with van der Waals surface area (Å²) in [5, 5.41) is 13.2. The number of carbonyl (C=O) groups excluding carboxylic acids is 1. The van der Waals surface area contributed by atoms with Crippen LogP contribution in [-0.4, -0.2) is 61.5 Å². The molecule has 1 aromatic carbocycles. The van der Waals surface area contributed by atoms with Crippen LogP contribution in [0.1, 0.15) is 18.6 Å². The molecule has 1 fully saturated rings. The van der Waals surface area contributed by atoms with Crippen molar-refractivity contribution < 1.29 is 24.2 Å². The number of amides is 1. The second-order valence-electron chi connectivity index (χ2n) is 5.89. The molecule has 0 radical (unpaired) electrons. The van der Waals surface area contributed by atoms with E-state index in [0.29, 0.717) is 23.2 Å². The van der Waals surface area contributed by atoms with E-state index in [-0.39, 0.29) is 44.2 Å². The van der Waals surface area contributed by atoms with E-state index in [9.17, 15) is 14.7 Å². The fraction of sp³-hybridized carbons (Fsp3) is 0.529. The summed E-state index contributed by atoms with van der Waals surface area (Å²) in [6, 6.07) is 5.22. The van der Waals surface area contributed by atoms with Crippen molar-refractivity contribution in [2.75, 3.05) is 39.4 Å². The zero-order chi connectivity index (χ0) is 19.1. The molecular weight excluding hydrogens is 383 g/mol. The Labute approximate surface area is 162 Å². The predicted molar refractivity (Wildman–Crippen MR) is 97.7 cm³/mol. The first-order valence-electron chi connectivity index (χ1n) is 8.33. The molecule has 1 aliphatic rings. The number of benzene rings is 1. The van der Waals surface area contributed by atoms with Crippen LogP contribution in [0, 0.1) is 5.92 Å². The van der Waals surface area contributed by atoms with E-state index < -0.39 is 6.09 Å². The van der Waals surface area contributed by atoms with Gasteiger partial charge in [-0.2, -0.15) is 0 Å². The standard InChI is InChI=1S/C17H22Cl2N2O5/c1-2-25-15(22)9-20-8-12-10-21(17(23)24)5-6-26-16(12)11-3-4-13(18)14(19)7-11/h3-4,7,12,16,20H,2,5-6,8-10H2,1H3,(H,23,24)/t12-,16+/m1/s1. The second kappa shape index (κ2) is 9.97. The van der Waals surface area contributed by atoms with Crippen LogP contribution in [0.4, 0.5) is 4.79 Å². The number of ether oxygens (including phenoxy) is 2. The highest BCUT2D eigenvalue weighted by Crippen LogP contribution is 2.33. The molecule has 2 atom stereocenters. The molecule has 1 aromatic rings. The minimum atomic E-state index is -1.00. The monoisotopic (exact) mass is 404 g/mol. The summed E-state index contributed by atoms with van der Waals surface area (Å²) < 4.78 is 10.8. The molecule has 0 saturated carbocycles. The Kier molecular flexibility index (Phi) is 7.96. The molecule has 0 aliphatic carbocycles. The van der Waals surface area contributed by atoms with Gasteiger partial charge in [0.1, 0.15) is 0 Å². The molecule has 1 aliphatic heterocycles. The van der Waals surface area contributed by atoms with Crippen LogP contribution in [-0.2, 0) is 14.3 Å². The number of hydrogen-bond acceptors (Lipinski definition) is 5. The maximum Gasteiger partial charge on any atom is 0.407 e. The Balaban J connectivity index is 2.14. The van der Waals surface area contributed by atoms with Gasteiger partial charge < -0.3 is 24.8 Å². The zero-order valence-corrected chi connectivity index (χ0v) is 15.9. The summed E-state index contributed by atoms with van der Waals surface area (Å²) in [5.41, 5.74) is 0.814. The first-order valence-corrected chi connectivity index (χ1v) is 9.08. The van der Waals surface area contributed by atoms with Crippen LogP contribution in [0.3, 0.4) is 0 Å². The lowest BCUT2D eigenvalue weighted by Gasteiger charge is -2.27. The third kappa shape index (κ3) is 5.74. The minimum Gasteiger partial charge on any atom is -0.465 e. The fourth-order valence-electron chi connectivity index (χ4n) is 2.87. The first-order chi connectivity index (χ1) is 12.4. The molecule has 0 bridgehead atoms. The van der Waals surface area contributed by atoms with Crippen molar-refractivity contribution >= 4 is 35.3 Å². The number of halogens is 2. The quantitative estimate of drug-likeness (QED) is 0.708. The number of nitrogens with zero attached hydrogens (tertiary/aromatic N) is 1. The van der Waals surface area contributed by atoms with Crippen molar-refractivity contribution in [2.45, 2.75) is 13.0 Å². The van der Waals surface area contributed by atoms with E-state index in [1.165, 1.54) is 4.90 Å². The number of esters is 1. The van der Waals surface area contributed by atoms with Crippen molar-refractivity contribution in [1.82, 2.24) is 10.2 Å². The van der Waals surface area contributed by atoms with Gasteiger partial charge in [-0.05, 0) is 24.6 Å². The number of carbonyl (C=O) groups is 2. The van der Waals surface area contributed by atoms with E-state index in [4.69, 9.17) is 32.7 Å². The molecule has 0 unspecified atom stereocenters. The second-order valence-corrected chi connectivity index (χ2v) is 6.70. The lowest BCUT2D eigenvalue weighted by molar-refractivity contribution is -0.142. The van der Waals surface area contributed by atoms with Crippen molar-refractivity contribution in [3.63, 3.8) is 0 Å². The molecule has 9 heteroatoms.